The van der Waals surface area contributed by atoms with E-state index in [-0.39, 0.29) is 5.91 Å². The first-order chi connectivity index (χ1) is 12.5. The standard InChI is InChI=1S/C22H29NO3/c1-16(2)13-14-25-19-11-9-18(10-12-19)23-22(24)20-7-5-6-8-21(20)26-15-17(3)4/h5-12,16-17H,13-15H2,1-4H3,(H,23,24). The van der Waals surface area contributed by atoms with Crippen LogP contribution in [-0.2, 0) is 0 Å². The Morgan fingerprint density at radius 3 is 2.27 bits per heavy atom. The highest BCUT2D eigenvalue weighted by atomic mass is 16.5. The summed E-state index contributed by atoms with van der Waals surface area (Å²) in [7, 11) is 0. The van der Waals surface area contributed by atoms with Gasteiger partial charge in [0.2, 0.25) is 0 Å². The third-order valence-corrected chi connectivity index (χ3v) is 3.78. The first-order valence-electron chi connectivity index (χ1n) is 9.21. The van der Waals surface area contributed by atoms with E-state index >= 15 is 0 Å². The first-order valence-corrected chi connectivity index (χ1v) is 9.21. The summed E-state index contributed by atoms with van der Waals surface area (Å²) in [6.07, 6.45) is 1.02. The molecule has 0 saturated heterocycles. The van der Waals surface area contributed by atoms with Crippen LogP contribution in [0.1, 0.15) is 44.5 Å². The van der Waals surface area contributed by atoms with Crippen LogP contribution in [0.25, 0.3) is 0 Å². The van der Waals surface area contributed by atoms with Gasteiger partial charge in [0.25, 0.3) is 5.91 Å². The van der Waals surface area contributed by atoms with Gasteiger partial charge in [0, 0.05) is 5.69 Å². The Kier molecular flexibility index (Phi) is 7.52. The number of ether oxygens (including phenoxy) is 2. The number of para-hydroxylation sites is 1. The summed E-state index contributed by atoms with van der Waals surface area (Å²) >= 11 is 0. The number of hydrogen-bond acceptors (Lipinski definition) is 3. The summed E-state index contributed by atoms with van der Waals surface area (Å²) in [5.41, 5.74) is 1.26. The fraction of sp³-hybridized carbons (Fsp3) is 0.409. The van der Waals surface area contributed by atoms with E-state index in [9.17, 15) is 4.79 Å². The van der Waals surface area contributed by atoms with Gasteiger partial charge in [-0.2, -0.15) is 0 Å². The second-order valence-electron chi connectivity index (χ2n) is 7.21. The number of hydrogen-bond donors (Lipinski definition) is 1. The summed E-state index contributed by atoms with van der Waals surface area (Å²) in [5, 5.41) is 2.91. The molecule has 0 fully saturated rings. The van der Waals surface area contributed by atoms with Crippen molar-refractivity contribution in [2.75, 3.05) is 18.5 Å². The minimum absolute atomic E-state index is 0.183. The molecule has 0 atom stereocenters. The molecule has 0 saturated carbocycles. The van der Waals surface area contributed by atoms with E-state index in [2.05, 4.69) is 33.0 Å². The summed E-state index contributed by atoms with van der Waals surface area (Å²) in [5.74, 6) is 2.25. The van der Waals surface area contributed by atoms with Crippen molar-refractivity contribution in [1.29, 1.82) is 0 Å². The molecular weight excluding hydrogens is 326 g/mol. The number of anilines is 1. The molecule has 140 valence electrons. The molecule has 0 bridgehead atoms. The molecule has 0 aliphatic rings. The molecule has 0 aliphatic heterocycles. The average Bonchev–Trinajstić information content (AvgIpc) is 2.61. The Morgan fingerprint density at radius 1 is 0.923 bits per heavy atom. The molecule has 0 heterocycles. The summed E-state index contributed by atoms with van der Waals surface area (Å²) in [6.45, 7) is 9.77. The van der Waals surface area contributed by atoms with Crippen LogP contribution in [0.15, 0.2) is 48.5 Å². The third-order valence-electron chi connectivity index (χ3n) is 3.78. The Balaban J connectivity index is 1.97. The molecule has 4 heteroatoms. The fourth-order valence-electron chi connectivity index (χ4n) is 2.28. The van der Waals surface area contributed by atoms with E-state index in [1.54, 1.807) is 6.07 Å². The van der Waals surface area contributed by atoms with Gasteiger partial charge in [0.05, 0.1) is 18.8 Å². The Hall–Kier alpha value is -2.49. The highest BCUT2D eigenvalue weighted by Gasteiger charge is 2.13. The highest BCUT2D eigenvalue weighted by Crippen LogP contribution is 2.22. The normalized spacial score (nSPS) is 10.8. The molecule has 0 aromatic heterocycles. The van der Waals surface area contributed by atoms with Gasteiger partial charge in [0.1, 0.15) is 11.5 Å². The molecule has 2 rings (SSSR count). The van der Waals surface area contributed by atoms with Crippen LogP contribution in [0.5, 0.6) is 11.5 Å². The van der Waals surface area contributed by atoms with E-state index < -0.39 is 0 Å². The summed E-state index contributed by atoms with van der Waals surface area (Å²) < 4.78 is 11.5. The molecular formula is C22H29NO3. The van der Waals surface area contributed by atoms with Crippen LogP contribution in [0.4, 0.5) is 5.69 Å². The van der Waals surface area contributed by atoms with Gasteiger partial charge in [-0.1, -0.05) is 39.8 Å². The molecule has 0 spiro atoms. The monoisotopic (exact) mass is 355 g/mol. The summed E-state index contributed by atoms with van der Waals surface area (Å²) in [4.78, 5) is 12.6. The minimum atomic E-state index is -0.183. The van der Waals surface area contributed by atoms with Crippen molar-refractivity contribution in [1.82, 2.24) is 0 Å². The zero-order chi connectivity index (χ0) is 18.9. The Bertz CT molecular complexity index is 693. The average molecular weight is 355 g/mol. The van der Waals surface area contributed by atoms with Crippen molar-refractivity contribution in [3.05, 3.63) is 54.1 Å². The van der Waals surface area contributed by atoms with Crippen molar-refractivity contribution in [2.24, 2.45) is 11.8 Å². The second kappa shape index (κ2) is 9.85. The predicted molar refractivity (Wildman–Crippen MR) is 106 cm³/mol. The third kappa shape index (κ3) is 6.43. The molecule has 2 aromatic carbocycles. The maximum absolute atomic E-state index is 12.6. The first kappa shape index (κ1) is 19.8. The van der Waals surface area contributed by atoms with E-state index in [1.165, 1.54) is 0 Å². The number of benzene rings is 2. The van der Waals surface area contributed by atoms with Gasteiger partial charge >= 0.3 is 0 Å². The molecule has 4 nitrogen and oxygen atoms in total. The molecule has 0 aliphatic carbocycles. The number of nitrogens with one attached hydrogen (secondary N) is 1. The van der Waals surface area contributed by atoms with E-state index in [4.69, 9.17) is 9.47 Å². The van der Waals surface area contributed by atoms with Crippen LogP contribution in [0.3, 0.4) is 0 Å². The molecule has 26 heavy (non-hydrogen) atoms. The van der Waals surface area contributed by atoms with E-state index in [0.29, 0.717) is 36.4 Å². The summed E-state index contributed by atoms with van der Waals surface area (Å²) in [6, 6.07) is 14.7. The van der Waals surface area contributed by atoms with E-state index in [1.807, 2.05) is 42.5 Å². The molecule has 0 unspecified atom stereocenters. The zero-order valence-corrected chi connectivity index (χ0v) is 16.1. The van der Waals surface area contributed by atoms with Crippen molar-refractivity contribution in [3.63, 3.8) is 0 Å². The lowest BCUT2D eigenvalue weighted by molar-refractivity contribution is 0.102. The quantitative estimate of drug-likeness (QED) is 0.655. The van der Waals surface area contributed by atoms with Crippen molar-refractivity contribution in [3.8, 4) is 11.5 Å². The van der Waals surface area contributed by atoms with Crippen LogP contribution < -0.4 is 14.8 Å². The lowest BCUT2D eigenvalue weighted by atomic mass is 10.1. The second-order valence-corrected chi connectivity index (χ2v) is 7.21. The predicted octanol–water partition coefficient (Wildman–Crippen LogP) is 5.40. The van der Waals surface area contributed by atoms with Crippen LogP contribution in [0, 0.1) is 11.8 Å². The van der Waals surface area contributed by atoms with Crippen LogP contribution >= 0.6 is 0 Å². The molecule has 1 N–H and O–H groups in total. The van der Waals surface area contributed by atoms with Gasteiger partial charge in [-0.25, -0.2) is 0 Å². The Labute approximate surface area is 156 Å². The smallest absolute Gasteiger partial charge is 0.259 e. The largest absolute Gasteiger partial charge is 0.494 e. The van der Waals surface area contributed by atoms with Crippen molar-refractivity contribution in [2.45, 2.75) is 34.1 Å². The van der Waals surface area contributed by atoms with E-state index in [0.717, 1.165) is 17.9 Å². The lowest BCUT2D eigenvalue weighted by Gasteiger charge is -2.13. The van der Waals surface area contributed by atoms with Gasteiger partial charge in [-0.05, 0) is 54.7 Å². The maximum atomic E-state index is 12.6. The maximum Gasteiger partial charge on any atom is 0.259 e. The van der Waals surface area contributed by atoms with Gasteiger partial charge in [-0.3, -0.25) is 4.79 Å². The number of carbonyl (C=O) groups is 1. The highest BCUT2D eigenvalue weighted by molar-refractivity contribution is 6.06. The molecule has 0 radical (unpaired) electrons. The lowest BCUT2D eigenvalue weighted by Crippen LogP contribution is -2.15. The van der Waals surface area contributed by atoms with Gasteiger partial charge < -0.3 is 14.8 Å². The van der Waals surface area contributed by atoms with Crippen molar-refractivity contribution >= 4 is 11.6 Å². The fourth-order valence-corrected chi connectivity index (χ4v) is 2.28. The Morgan fingerprint density at radius 2 is 1.62 bits per heavy atom. The number of carbonyl (C=O) groups excluding carboxylic acids is 1. The topological polar surface area (TPSA) is 47.6 Å². The molecule has 1 amide bonds. The van der Waals surface area contributed by atoms with Gasteiger partial charge in [-0.15, -0.1) is 0 Å². The van der Waals surface area contributed by atoms with Crippen LogP contribution in [-0.4, -0.2) is 19.1 Å². The SMILES string of the molecule is CC(C)CCOc1ccc(NC(=O)c2ccccc2OCC(C)C)cc1. The number of amides is 1. The van der Waals surface area contributed by atoms with Crippen molar-refractivity contribution < 1.29 is 14.3 Å². The number of rotatable bonds is 9. The van der Waals surface area contributed by atoms with Gasteiger partial charge in [0.15, 0.2) is 0 Å². The molecule has 2 aromatic rings. The van der Waals surface area contributed by atoms with Crippen LogP contribution in [0.2, 0.25) is 0 Å². The zero-order valence-electron chi connectivity index (χ0n) is 16.1. The minimum Gasteiger partial charge on any atom is -0.494 e.